The zero-order valence-electron chi connectivity index (χ0n) is 17.3. The van der Waals surface area contributed by atoms with E-state index in [-0.39, 0.29) is 16.6 Å². The second kappa shape index (κ2) is 8.10. The number of benzene rings is 2. The molecule has 31 heavy (non-hydrogen) atoms. The van der Waals surface area contributed by atoms with E-state index in [1.165, 1.54) is 13.3 Å². The van der Waals surface area contributed by atoms with Gasteiger partial charge in [0.1, 0.15) is 18.2 Å². The van der Waals surface area contributed by atoms with E-state index in [0.29, 0.717) is 40.8 Å². The molecule has 3 heterocycles. The molecule has 0 aliphatic carbocycles. The molecule has 8 heteroatoms. The molecule has 1 fully saturated rings. The van der Waals surface area contributed by atoms with Gasteiger partial charge in [-0.25, -0.2) is 9.37 Å². The number of fused-ring (bicyclic) bond motifs is 3. The summed E-state index contributed by atoms with van der Waals surface area (Å²) in [5, 5.41) is 5.47. The first kappa shape index (κ1) is 20.8. The molecule has 0 radical (unpaired) electrons. The number of aromatic nitrogens is 1. The summed E-state index contributed by atoms with van der Waals surface area (Å²) < 4.78 is 27.3. The Morgan fingerprint density at radius 2 is 2.13 bits per heavy atom. The van der Waals surface area contributed by atoms with Crippen molar-refractivity contribution < 1.29 is 13.9 Å². The van der Waals surface area contributed by atoms with Crippen LogP contribution in [0.2, 0.25) is 10.0 Å². The first-order chi connectivity index (χ1) is 15.0. The Morgan fingerprint density at radius 3 is 2.94 bits per heavy atom. The maximum absolute atomic E-state index is 15.7. The number of hydrogen-bond acceptors (Lipinski definition) is 5. The molecule has 0 amide bonds. The summed E-state index contributed by atoms with van der Waals surface area (Å²) in [5.41, 5.74) is 2.49. The van der Waals surface area contributed by atoms with Crippen LogP contribution in [0.5, 0.6) is 11.6 Å². The molecular weight excluding hydrogens is 440 g/mol. The Bertz CT molecular complexity index is 1190. The maximum atomic E-state index is 15.7. The van der Waals surface area contributed by atoms with E-state index >= 15 is 4.39 Å². The van der Waals surface area contributed by atoms with E-state index in [4.69, 9.17) is 32.7 Å². The monoisotopic (exact) mass is 461 g/mol. The predicted octanol–water partition coefficient (Wildman–Crippen LogP) is 4.83. The number of piperazine rings is 1. The lowest BCUT2D eigenvalue weighted by Crippen LogP contribution is -2.52. The van der Waals surface area contributed by atoms with Gasteiger partial charge in [-0.3, -0.25) is 4.90 Å². The third-order valence-corrected chi connectivity index (χ3v) is 6.80. The largest absolute Gasteiger partial charge is 0.490 e. The molecule has 1 N–H and O–H groups in total. The summed E-state index contributed by atoms with van der Waals surface area (Å²) in [6.07, 6.45) is 1.53. The molecule has 1 atom stereocenters. The Balaban J connectivity index is 1.75. The van der Waals surface area contributed by atoms with Gasteiger partial charge >= 0.3 is 0 Å². The van der Waals surface area contributed by atoms with Crippen LogP contribution in [0.1, 0.15) is 11.1 Å². The van der Waals surface area contributed by atoms with E-state index in [1.54, 1.807) is 6.07 Å². The molecule has 162 valence electrons. The molecule has 1 aromatic heterocycles. The second-order valence-corrected chi connectivity index (χ2v) is 8.76. The molecule has 5 rings (SSSR count). The summed E-state index contributed by atoms with van der Waals surface area (Å²) in [6.45, 7) is 5.63. The van der Waals surface area contributed by atoms with Gasteiger partial charge in [0, 0.05) is 48.3 Å². The van der Waals surface area contributed by atoms with Crippen LogP contribution in [-0.2, 0) is 6.54 Å². The first-order valence-electron chi connectivity index (χ1n) is 10.2. The van der Waals surface area contributed by atoms with Crippen LogP contribution in [0.4, 0.5) is 4.39 Å². The van der Waals surface area contributed by atoms with Gasteiger partial charge in [0.05, 0.1) is 34.8 Å². The molecule has 0 saturated carbocycles. The van der Waals surface area contributed by atoms with Crippen molar-refractivity contribution in [3.05, 3.63) is 51.4 Å². The average Bonchev–Trinajstić information content (AvgIpc) is 2.94. The van der Waals surface area contributed by atoms with Crippen LogP contribution in [0.25, 0.3) is 21.9 Å². The van der Waals surface area contributed by atoms with Crippen LogP contribution in [0.3, 0.4) is 0 Å². The van der Waals surface area contributed by atoms with Gasteiger partial charge < -0.3 is 14.8 Å². The summed E-state index contributed by atoms with van der Waals surface area (Å²) in [5.74, 6) is 0.504. The van der Waals surface area contributed by atoms with Gasteiger partial charge in [-0.1, -0.05) is 35.3 Å². The number of pyridine rings is 1. The first-order valence-corrected chi connectivity index (χ1v) is 11.0. The lowest BCUT2D eigenvalue weighted by molar-refractivity contribution is 0.120. The van der Waals surface area contributed by atoms with Crippen molar-refractivity contribution in [3.63, 3.8) is 0 Å². The van der Waals surface area contributed by atoms with Gasteiger partial charge in [0.25, 0.3) is 0 Å². The molecule has 0 unspecified atom stereocenters. The van der Waals surface area contributed by atoms with Crippen molar-refractivity contribution >= 4 is 34.0 Å². The summed E-state index contributed by atoms with van der Waals surface area (Å²) in [4.78, 5) is 6.61. The minimum atomic E-state index is -0.404. The molecule has 2 aliphatic heterocycles. The molecule has 2 aliphatic rings. The fraction of sp³-hybridized carbons (Fsp3) is 0.348. The Labute approximate surface area is 190 Å². The zero-order valence-corrected chi connectivity index (χ0v) is 18.8. The molecule has 0 spiro atoms. The number of nitrogens with one attached hydrogen (secondary N) is 1. The van der Waals surface area contributed by atoms with E-state index in [1.807, 2.05) is 19.1 Å². The van der Waals surface area contributed by atoms with E-state index < -0.39 is 5.82 Å². The molecule has 3 aromatic rings. The molecule has 0 bridgehead atoms. The highest BCUT2D eigenvalue weighted by atomic mass is 35.5. The fourth-order valence-electron chi connectivity index (χ4n) is 4.58. The minimum Gasteiger partial charge on any atom is -0.490 e. The lowest BCUT2D eigenvalue weighted by atomic mass is 9.93. The molecule has 2 aromatic carbocycles. The average molecular weight is 462 g/mol. The Kier molecular flexibility index (Phi) is 5.42. The van der Waals surface area contributed by atoms with E-state index in [0.717, 1.165) is 36.1 Å². The van der Waals surface area contributed by atoms with Crippen molar-refractivity contribution in [1.29, 1.82) is 0 Å². The molecule has 5 nitrogen and oxygen atoms in total. The topological polar surface area (TPSA) is 46.6 Å². The third kappa shape index (κ3) is 3.42. The van der Waals surface area contributed by atoms with Crippen LogP contribution in [0.15, 0.2) is 24.4 Å². The summed E-state index contributed by atoms with van der Waals surface area (Å²) in [7, 11) is 1.53. The van der Waals surface area contributed by atoms with Crippen molar-refractivity contribution in [2.45, 2.75) is 19.5 Å². The van der Waals surface area contributed by atoms with Crippen molar-refractivity contribution in [1.82, 2.24) is 15.2 Å². The highest BCUT2D eigenvalue weighted by Gasteiger charge is 2.31. The smallest absolute Gasteiger partial charge is 0.221 e. The zero-order chi connectivity index (χ0) is 21.7. The molecular formula is C23H22Cl2FN3O2. The summed E-state index contributed by atoms with van der Waals surface area (Å²) >= 11 is 13.3. The van der Waals surface area contributed by atoms with Crippen molar-refractivity contribution in [3.8, 4) is 22.8 Å². The lowest BCUT2D eigenvalue weighted by Gasteiger charge is -2.33. The van der Waals surface area contributed by atoms with Crippen molar-refractivity contribution in [2.75, 3.05) is 33.4 Å². The number of hydrogen-bond donors (Lipinski definition) is 1. The third-order valence-electron chi connectivity index (χ3n) is 6.14. The van der Waals surface area contributed by atoms with Crippen LogP contribution in [0, 0.1) is 12.7 Å². The van der Waals surface area contributed by atoms with E-state index in [9.17, 15) is 0 Å². The van der Waals surface area contributed by atoms with Gasteiger partial charge in [-0.2, -0.15) is 0 Å². The van der Waals surface area contributed by atoms with Crippen LogP contribution < -0.4 is 14.8 Å². The Morgan fingerprint density at radius 1 is 1.29 bits per heavy atom. The van der Waals surface area contributed by atoms with Gasteiger partial charge in [-0.05, 0) is 18.6 Å². The quantitative estimate of drug-likeness (QED) is 0.591. The molecule has 1 saturated heterocycles. The van der Waals surface area contributed by atoms with Gasteiger partial charge in [-0.15, -0.1) is 0 Å². The fourth-order valence-corrected chi connectivity index (χ4v) is 5.15. The van der Waals surface area contributed by atoms with Gasteiger partial charge in [0.15, 0.2) is 0 Å². The van der Waals surface area contributed by atoms with Crippen LogP contribution >= 0.6 is 23.2 Å². The predicted molar refractivity (Wildman–Crippen MR) is 121 cm³/mol. The summed E-state index contributed by atoms with van der Waals surface area (Å²) in [6, 6.07) is 5.56. The Hall–Kier alpha value is -2.12. The van der Waals surface area contributed by atoms with Gasteiger partial charge in [0.2, 0.25) is 5.88 Å². The number of nitrogens with zero attached hydrogens (tertiary/aromatic N) is 2. The second-order valence-electron chi connectivity index (χ2n) is 7.97. The number of aryl methyl sites for hydroxylation is 1. The van der Waals surface area contributed by atoms with E-state index in [2.05, 4.69) is 15.2 Å². The SMILES string of the molecule is COc1ncc(Cl)c2ccc(C)c(-c3c(F)cc4c(c3Cl)OC[C@H]3CNCCN3C4)c12. The van der Waals surface area contributed by atoms with Crippen LogP contribution in [-0.4, -0.2) is 49.3 Å². The highest BCUT2D eigenvalue weighted by molar-refractivity contribution is 6.37. The highest BCUT2D eigenvalue weighted by Crippen LogP contribution is 2.47. The number of halogens is 3. The van der Waals surface area contributed by atoms with Crippen molar-refractivity contribution in [2.24, 2.45) is 0 Å². The minimum absolute atomic E-state index is 0.228. The maximum Gasteiger partial charge on any atom is 0.221 e. The number of ether oxygens (including phenoxy) is 2. The number of methoxy groups -OCH3 is 1. The standard InChI is InChI=1S/C23H22Cl2FN3O2/c1-12-3-4-15-16(24)9-28-23(30-2)19(15)18(12)20-17(26)7-13-10-29-6-5-27-8-14(29)11-31-22(13)21(20)25/h3-4,7,9,14,27H,5-6,8,10-11H2,1-2H3/t14-/m1/s1. The normalized spacial score (nSPS) is 18.8. The number of rotatable bonds is 2.